The van der Waals surface area contributed by atoms with Crippen LogP contribution in [0.4, 0.5) is 0 Å². The van der Waals surface area contributed by atoms with Crippen molar-refractivity contribution in [3.05, 3.63) is 58.1 Å². The van der Waals surface area contributed by atoms with Crippen LogP contribution in [0.25, 0.3) is 0 Å². The van der Waals surface area contributed by atoms with Crippen LogP contribution in [-0.2, 0) is 28.0 Å². The average molecular weight is 486 g/mol. The maximum Gasteiger partial charge on any atom is 0.307 e. The monoisotopic (exact) mass is 485 g/mol. The second-order valence-electron chi connectivity index (χ2n) is 10.5. The van der Waals surface area contributed by atoms with Crippen LogP contribution in [0, 0.1) is 0 Å². The molecule has 1 unspecified atom stereocenters. The molecule has 0 N–H and O–H groups in total. The van der Waals surface area contributed by atoms with Gasteiger partial charge >= 0.3 is 5.97 Å². The molecule has 0 aliphatic carbocycles. The van der Waals surface area contributed by atoms with Crippen molar-refractivity contribution >= 4 is 17.6 Å². The number of esters is 1. The van der Waals surface area contributed by atoms with Gasteiger partial charge in [0.05, 0.1) is 13.0 Å². The summed E-state index contributed by atoms with van der Waals surface area (Å²) in [7, 11) is 0. The zero-order chi connectivity index (χ0) is 24.3. The van der Waals surface area contributed by atoms with E-state index >= 15 is 0 Å². The molecular formula is C28H36ClNO4. The number of nitrogens with zero attached hydrogens (tertiary/aromatic N) is 1. The maximum atomic E-state index is 12.2. The first-order chi connectivity index (χ1) is 16.2. The number of piperidine rings is 1. The largest absolute Gasteiger partial charge is 0.492 e. The number of carbonyl (C=O) groups excluding carboxylic acids is 1. The minimum Gasteiger partial charge on any atom is -0.492 e. The molecule has 2 aliphatic heterocycles. The van der Waals surface area contributed by atoms with Gasteiger partial charge in [-0.1, -0.05) is 36.7 Å². The van der Waals surface area contributed by atoms with Crippen LogP contribution in [0.2, 0.25) is 5.02 Å². The van der Waals surface area contributed by atoms with Crippen molar-refractivity contribution in [3.8, 4) is 11.5 Å². The fourth-order valence-electron chi connectivity index (χ4n) is 5.09. The average Bonchev–Trinajstić information content (AvgIpc) is 3.12. The summed E-state index contributed by atoms with van der Waals surface area (Å²) >= 11 is 6.42. The Labute approximate surface area is 208 Å². The standard InChI is InChI=1S/C28H36ClNO4/c1-5-20-8-6-9-24(29)22(20)17-32-21-10-11-23-25(16-21)33-19-28(23)13-7-14-30(18-28)15-12-26(31)34-27(2,3)4/h6,8-11,16H,5,7,12-15,17-19H2,1-4H3. The first-order valence-electron chi connectivity index (χ1n) is 12.3. The predicted octanol–water partition coefficient (Wildman–Crippen LogP) is 5.94. The van der Waals surface area contributed by atoms with Crippen LogP contribution in [0.15, 0.2) is 36.4 Å². The van der Waals surface area contributed by atoms with Gasteiger partial charge in [-0.25, -0.2) is 0 Å². The van der Waals surface area contributed by atoms with Crippen molar-refractivity contribution in [3.63, 3.8) is 0 Å². The van der Waals surface area contributed by atoms with Crippen molar-refractivity contribution in [2.75, 3.05) is 26.2 Å². The highest BCUT2D eigenvalue weighted by molar-refractivity contribution is 6.31. The Morgan fingerprint density at radius 2 is 2.06 bits per heavy atom. The maximum absolute atomic E-state index is 12.2. The summed E-state index contributed by atoms with van der Waals surface area (Å²) < 4.78 is 17.8. The molecule has 1 fully saturated rings. The van der Waals surface area contributed by atoms with E-state index in [0.29, 0.717) is 26.2 Å². The normalized spacial score (nSPS) is 20.1. The zero-order valence-corrected chi connectivity index (χ0v) is 21.5. The van der Waals surface area contributed by atoms with E-state index in [1.807, 2.05) is 45.0 Å². The van der Waals surface area contributed by atoms with Crippen LogP contribution in [0.3, 0.4) is 0 Å². The topological polar surface area (TPSA) is 48.0 Å². The van der Waals surface area contributed by atoms with Gasteiger partial charge in [0.1, 0.15) is 23.7 Å². The van der Waals surface area contributed by atoms with E-state index in [9.17, 15) is 4.79 Å². The highest BCUT2D eigenvalue weighted by atomic mass is 35.5. The number of ether oxygens (including phenoxy) is 3. The number of aryl methyl sites for hydroxylation is 1. The molecule has 0 saturated carbocycles. The summed E-state index contributed by atoms with van der Waals surface area (Å²) in [5, 5.41) is 0.740. The Kier molecular flexibility index (Phi) is 7.44. The van der Waals surface area contributed by atoms with Crippen molar-refractivity contribution in [1.29, 1.82) is 0 Å². The van der Waals surface area contributed by atoms with Gasteiger partial charge in [0, 0.05) is 40.7 Å². The lowest BCUT2D eigenvalue weighted by atomic mass is 9.75. The van der Waals surface area contributed by atoms with E-state index in [1.165, 1.54) is 11.1 Å². The van der Waals surface area contributed by atoms with Gasteiger partial charge in [-0.05, 0) is 64.3 Å². The van der Waals surface area contributed by atoms with Crippen LogP contribution in [0.1, 0.15) is 63.6 Å². The molecule has 2 aromatic carbocycles. The molecule has 34 heavy (non-hydrogen) atoms. The second-order valence-corrected chi connectivity index (χ2v) is 10.9. The quantitative estimate of drug-likeness (QED) is 0.454. The molecule has 1 atom stereocenters. The first-order valence-corrected chi connectivity index (χ1v) is 12.7. The minimum absolute atomic E-state index is 0.0296. The Hall–Kier alpha value is -2.24. The third-order valence-corrected chi connectivity index (χ3v) is 7.07. The van der Waals surface area contributed by atoms with E-state index in [0.717, 1.165) is 54.4 Å². The van der Waals surface area contributed by atoms with Crippen molar-refractivity contribution in [2.45, 2.75) is 71.0 Å². The number of hydrogen-bond acceptors (Lipinski definition) is 5. The highest BCUT2D eigenvalue weighted by Gasteiger charge is 2.44. The molecule has 0 amide bonds. The minimum atomic E-state index is -0.442. The van der Waals surface area contributed by atoms with Crippen LogP contribution in [0.5, 0.6) is 11.5 Å². The van der Waals surface area contributed by atoms with E-state index in [1.54, 1.807) is 0 Å². The number of likely N-dealkylation sites (tertiary alicyclic amines) is 1. The number of carbonyl (C=O) groups is 1. The van der Waals surface area contributed by atoms with Crippen LogP contribution >= 0.6 is 11.6 Å². The van der Waals surface area contributed by atoms with Crippen molar-refractivity contribution < 1.29 is 19.0 Å². The molecular weight excluding hydrogens is 450 g/mol. The fraction of sp³-hybridized carbons (Fsp3) is 0.536. The predicted molar refractivity (Wildman–Crippen MR) is 135 cm³/mol. The summed E-state index contributed by atoms with van der Waals surface area (Å²) in [6.45, 7) is 11.5. The molecule has 0 bridgehead atoms. The van der Waals surface area contributed by atoms with Gasteiger partial charge in [-0.2, -0.15) is 0 Å². The third kappa shape index (κ3) is 5.69. The van der Waals surface area contributed by atoms with Gasteiger partial charge in [0.15, 0.2) is 0 Å². The third-order valence-electron chi connectivity index (χ3n) is 6.72. The Morgan fingerprint density at radius 3 is 2.82 bits per heavy atom. The van der Waals surface area contributed by atoms with E-state index in [4.69, 9.17) is 25.8 Å². The van der Waals surface area contributed by atoms with Crippen LogP contribution in [-0.4, -0.2) is 42.7 Å². The lowest BCUT2D eigenvalue weighted by molar-refractivity contribution is -0.155. The fourth-order valence-corrected chi connectivity index (χ4v) is 5.34. The number of hydrogen-bond donors (Lipinski definition) is 0. The van der Waals surface area contributed by atoms with E-state index in [-0.39, 0.29) is 11.4 Å². The van der Waals surface area contributed by atoms with Gasteiger partial charge in [0.2, 0.25) is 0 Å². The number of benzene rings is 2. The Balaban J connectivity index is 1.40. The molecule has 184 valence electrons. The molecule has 0 aromatic heterocycles. The molecule has 2 aromatic rings. The van der Waals surface area contributed by atoms with Crippen LogP contribution < -0.4 is 9.47 Å². The zero-order valence-electron chi connectivity index (χ0n) is 20.8. The van der Waals surface area contributed by atoms with E-state index < -0.39 is 5.60 Å². The van der Waals surface area contributed by atoms with Crippen molar-refractivity contribution in [2.24, 2.45) is 0 Å². The highest BCUT2D eigenvalue weighted by Crippen LogP contribution is 2.45. The smallest absolute Gasteiger partial charge is 0.307 e. The molecule has 2 heterocycles. The van der Waals surface area contributed by atoms with Crippen molar-refractivity contribution in [1.82, 2.24) is 4.90 Å². The molecule has 5 nitrogen and oxygen atoms in total. The summed E-state index contributed by atoms with van der Waals surface area (Å²) in [5.74, 6) is 1.55. The number of halogens is 1. The van der Waals surface area contributed by atoms with Gasteiger partial charge in [0.25, 0.3) is 0 Å². The summed E-state index contributed by atoms with van der Waals surface area (Å²) in [4.78, 5) is 14.6. The summed E-state index contributed by atoms with van der Waals surface area (Å²) in [5.41, 5.74) is 3.02. The lowest BCUT2D eigenvalue weighted by Gasteiger charge is -2.39. The lowest BCUT2D eigenvalue weighted by Crippen LogP contribution is -2.47. The van der Waals surface area contributed by atoms with Gasteiger partial charge in [-0.15, -0.1) is 0 Å². The molecule has 1 saturated heterocycles. The SMILES string of the molecule is CCc1cccc(Cl)c1COc1ccc2c(c1)OCC21CCCN(CCC(=O)OC(C)(C)C)C1. The first kappa shape index (κ1) is 24.9. The molecule has 6 heteroatoms. The van der Waals surface area contributed by atoms with Gasteiger partial charge in [-0.3, -0.25) is 4.79 Å². The summed E-state index contributed by atoms with van der Waals surface area (Å²) in [6, 6.07) is 12.2. The number of rotatable bonds is 7. The van der Waals surface area contributed by atoms with Gasteiger partial charge < -0.3 is 19.1 Å². The summed E-state index contributed by atoms with van der Waals surface area (Å²) in [6.07, 6.45) is 3.50. The van der Waals surface area contributed by atoms with E-state index in [2.05, 4.69) is 24.0 Å². The molecule has 1 spiro atoms. The molecule has 4 rings (SSSR count). The molecule has 0 radical (unpaired) electrons. The Morgan fingerprint density at radius 1 is 1.24 bits per heavy atom. The number of fused-ring (bicyclic) bond motifs is 2. The molecule has 2 aliphatic rings. The Bertz CT molecular complexity index is 1030. The second kappa shape index (κ2) is 10.2.